The van der Waals surface area contributed by atoms with Crippen molar-refractivity contribution in [2.45, 2.75) is 32.4 Å². The molecule has 1 rings (SSSR count). The maximum absolute atomic E-state index is 12.3. The maximum atomic E-state index is 12.3. The molecule has 1 saturated heterocycles. The number of nitrogens with zero attached hydrogens (tertiary/aromatic N) is 1. The zero-order chi connectivity index (χ0) is 13.1. The molecule has 0 aromatic rings. The third-order valence-electron chi connectivity index (χ3n) is 2.59. The molecule has 0 aliphatic carbocycles. The van der Waals surface area contributed by atoms with Crippen molar-refractivity contribution in [1.29, 1.82) is 0 Å². The largest absolute Gasteiger partial charge is 0.480 e. The van der Waals surface area contributed by atoms with E-state index >= 15 is 0 Å². The smallest absolute Gasteiger partial charge is 0.323 e. The standard InChI is InChI=1S/C11H20N2O3S/c1-11(2,3)13(6-9(14)15)10(16)8-7-17-5-4-12-8/h8,12H,4-7H2,1-3H3,(H,14,15). The fourth-order valence-electron chi connectivity index (χ4n) is 1.69. The van der Waals surface area contributed by atoms with Gasteiger partial charge in [-0.25, -0.2) is 0 Å². The minimum absolute atomic E-state index is 0.118. The zero-order valence-corrected chi connectivity index (χ0v) is 11.3. The second-order valence-corrected chi connectivity index (χ2v) is 6.22. The molecular formula is C11H20N2O3S. The van der Waals surface area contributed by atoms with E-state index in [1.54, 1.807) is 11.8 Å². The van der Waals surface area contributed by atoms with Crippen molar-refractivity contribution in [3.63, 3.8) is 0 Å². The van der Waals surface area contributed by atoms with E-state index in [9.17, 15) is 9.59 Å². The number of carboxylic acids is 1. The zero-order valence-electron chi connectivity index (χ0n) is 10.5. The highest BCUT2D eigenvalue weighted by Gasteiger charge is 2.33. The number of aliphatic carboxylic acids is 1. The molecule has 2 N–H and O–H groups in total. The first-order valence-electron chi connectivity index (χ1n) is 5.67. The Morgan fingerprint density at radius 1 is 1.47 bits per heavy atom. The van der Waals surface area contributed by atoms with Gasteiger partial charge in [-0.15, -0.1) is 0 Å². The molecule has 98 valence electrons. The van der Waals surface area contributed by atoms with Gasteiger partial charge in [-0.2, -0.15) is 11.8 Å². The van der Waals surface area contributed by atoms with Crippen LogP contribution in [0.15, 0.2) is 0 Å². The molecule has 1 fully saturated rings. The first kappa shape index (κ1) is 14.3. The fraction of sp³-hybridized carbons (Fsp3) is 0.818. The summed E-state index contributed by atoms with van der Waals surface area (Å²) in [6.45, 7) is 6.11. The Hall–Kier alpha value is -0.750. The van der Waals surface area contributed by atoms with Gasteiger partial charge >= 0.3 is 5.97 Å². The summed E-state index contributed by atoms with van der Waals surface area (Å²) in [4.78, 5) is 24.5. The molecule has 1 unspecified atom stereocenters. The summed E-state index contributed by atoms with van der Waals surface area (Å²) in [5.74, 6) is 0.618. The third kappa shape index (κ3) is 4.20. The summed E-state index contributed by atoms with van der Waals surface area (Å²) in [7, 11) is 0. The summed E-state index contributed by atoms with van der Waals surface area (Å²) >= 11 is 1.72. The number of carbonyl (C=O) groups excluding carboxylic acids is 1. The lowest BCUT2D eigenvalue weighted by atomic mass is 10.0. The van der Waals surface area contributed by atoms with Crippen molar-refractivity contribution < 1.29 is 14.7 Å². The second-order valence-electron chi connectivity index (χ2n) is 5.07. The number of thioether (sulfide) groups is 1. The molecule has 1 atom stereocenters. The Kier molecular flexibility index (Phi) is 4.82. The van der Waals surface area contributed by atoms with E-state index in [1.165, 1.54) is 4.90 Å². The lowest BCUT2D eigenvalue weighted by Gasteiger charge is -2.37. The molecule has 0 spiro atoms. The van der Waals surface area contributed by atoms with Gasteiger partial charge in [-0.1, -0.05) is 0 Å². The van der Waals surface area contributed by atoms with E-state index in [1.807, 2.05) is 20.8 Å². The predicted octanol–water partition coefficient (Wildman–Crippen LogP) is 0.403. The number of hydrogen-bond donors (Lipinski definition) is 2. The van der Waals surface area contributed by atoms with E-state index in [0.717, 1.165) is 12.3 Å². The van der Waals surface area contributed by atoms with Crippen LogP contribution in [0.25, 0.3) is 0 Å². The molecule has 0 bridgehead atoms. The Balaban J connectivity index is 2.74. The van der Waals surface area contributed by atoms with Crippen LogP contribution in [-0.4, -0.2) is 58.1 Å². The van der Waals surface area contributed by atoms with Gasteiger partial charge in [0.1, 0.15) is 6.54 Å². The molecule has 1 heterocycles. The average Bonchev–Trinajstić information content (AvgIpc) is 2.24. The van der Waals surface area contributed by atoms with Gasteiger partial charge in [0.15, 0.2) is 0 Å². The van der Waals surface area contributed by atoms with E-state index in [-0.39, 0.29) is 18.5 Å². The molecule has 0 aromatic carbocycles. The van der Waals surface area contributed by atoms with Crippen LogP contribution in [0.2, 0.25) is 0 Å². The molecule has 0 saturated carbocycles. The molecule has 1 aliphatic rings. The van der Waals surface area contributed by atoms with Crippen molar-refractivity contribution in [2.24, 2.45) is 0 Å². The highest BCUT2D eigenvalue weighted by molar-refractivity contribution is 7.99. The fourth-order valence-corrected chi connectivity index (χ4v) is 2.62. The monoisotopic (exact) mass is 260 g/mol. The van der Waals surface area contributed by atoms with Crippen LogP contribution < -0.4 is 5.32 Å². The van der Waals surface area contributed by atoms with Crippen LogP contribution in [0, 0.1) is 0 Å². The molecule has 1 amide bonds. The molecule has 6 heteroatoms. The van der Waals surface area contributed by atoms with Crippen molar-refractivity contribution in [2.75, 3.05) is 24.6 Å². The van der Waals surface area contributed by atoms with Crippen LogP contribution >= 0.6 is 11.8 Å². The third-order valence-corrected chi connectivity index (χ3v) is 3.65. The van der Waals surface area contributed by atoms with Gasteiger partial charge in [0.25, 0.3) is 0 Å². The topological polar surface area (TPSA) is 69.6 Å². The summed E-state index contributed by atoms with van der Waals surface area (Å²) in [5, 5.41) is 12.0. The van der Waals surface area contributed by atoms with Crippen LogP contribution in [-0.2, 0) is 9.59 Å². The molecular weight excluding hydrogens is 240 g/mol. The SMILES string of the molecule is CC(C)(C)N(CC(=O)O)C(=O)C1CSCCN1. The highest BCUT2D eigenvalue weighted by Crippen LogP contribution is 2.17. The Labute approximate surface area is 106 Å². The van der Waals surface area contributed by atoms with Gasteiger partial charge in [0.2, 0.25) is 5.91 Å². The van der Waals surface area contributed by atoms with Crippen molar-refractivity contribution in [3.05, 3.63) is 0 Å². The van der Waals surface area contributed by atoms with E-state index in [2.05, 4.69) is 5.32 Å². The summed E-state index contributed by atoms with van der Waals surface area (Å²) in [6.07, 6.45) is 0. The lowest BCUT2D eigenvalue weighted by molar-refractivity contribution is -0.149. The quantitative estimate of drug-likeness (QED) is 0.769. The summed E-state index contributed by atoms with van der Waals surface area (Å²) in [5.41, 5.74) is -0.473. The van der Waals surface area contributed by atoms with Crippen molar-refractivity contribution >= 4 is 23.6 Å². The normalized spacial score (nSPS) is 21.0. The first-order chi connectivity index (χ1) is 7.82. The highest BCUT2D eigenvalue weighted by atomic mass is 32.2. The Morgan fingerprint density at radius 3 is 2.53 bits per heavy atom. The Bertz CT molecular complexity index is 296. The summed E-state index contributed by atoms with van der Waals surface area (Å²) < 4.78 is 0. The van der Waals surface area contributed by atoms with Crippen LogP contribution in [0.5, 0.6) is 0 Å². The molecule has 17 heavy (non-hydrogen) atoms. The van der Waals surface area contributed by atoms with Crippen molar-refractivity contribution in [3.8, 4) is 0 Å². The predicted molar refractivity (Wildman–Crippen MR) is 68.2 cm³/mol. The number of carboxylic acid groups (broad SMARTS) is 1. The second kappa shape index (κ2) is 5.73. The van der Waals surface area contributed by atoms with Gasteiger partial charge in [0, 0.05) is 23.6 Å². The van der Waals surface area contributed by atoms with Gasteiger partial charge < -0.3 is 15.3 Å². The maximum Gasteiger partial charge on any atom is 0.323 e. The minimum atomic E-state index is -0.975. The summed E-state index contributed by atoms with van der Waals surface area (Å²) in [6, 6.07) is -0.257. The first-order valence-corrected chi connectivity index (χ1v) is 6.82. The number of rotatable bonds is 3. The van der Waals surface area contributed by atoms with Gasteiger partial charge in [0.05, 0.1) is 6.04 Å². The molecule has 0 aromatic heterocycles. The minimum Gasteiger partial charge on any atom is -0.480 e. The lowest BCUT2D eigenvalue weighted by Crippen LogP contribution is -2.57. The number of nitrogens with one attached hydrogen (secondary N) is 1. The number of carbonyl (C=O) groups is 2. The van der Waals surface area contributed by atoms with Gasteiger partial charge in [-0.05, 0) is 20.8 Å². The number of hydrogen-bond acceptors (Lipinski definition) is 4. The average molecular weight is 260 g/mol. The van der Waals surface area contributed by atoms with Crippen LogP contribution in [0.4, 0.5) is 0 Å². The molecule has 0 radical (unpaired) electrons. The van der Waals surface area contributed by atoms with Crippen LogP contribution in [0.3, 0.4) is 0 Å². The molecule has 5 nitrogen and oxygen atoms in total. The van der Waals surface area contributed by atoms with E-state index in [4.69, 9.17) is 5.11 Å². The Morgan fingerprint density at radius 2 is 2.12 bits per heavy atom. The van der Waals surface area contributed by atoms with Crippen LogP contribution in [0.1, 0.15) is 20.8 Å². The van der Waals surface area contributed by atoms with E-state index < -0.39 is 11.5 Å². The number of amides is 1. The molecule has 1 aliphatic heterocycles. The van der Waals surface area contributed by atoms with E-state index in [0.29, 0.717) is 5.75 Å². The van der Waals surface area contributed by atoms with Gasteiger partial charge in [-0.3, -0.25) is 9.59 Å². The van der Waals surface area contributed by atoms with Crippen molar-refractivity contribution in [1.82, 2.24) is 10.2 Å².